The third-order valence-corrected chi connectivity index (χ3v) is 4.10. The summed E-state index contributed by atoms with van der Waals surface area (Å²) in [5.74, 6) is -0.109. The number of ether oxygens (including phenoxy) is 2. The molecular weight excluding hydrogens is 358 g/mol. The summed E-state index contributed by atoms with van der Waals surface area (Å²) < 4.78 is 10.8. The molecule has 0 aliphatic carbocycles. The van der Waals surface area contributed by atoms with Gasteiger partial charge in [-0.1, -0.05) is 13.3 Å². The van der Waals surface area contributed by atoms with Crippen molar-refractivity contribution in [2.24, 2.45) is 0 Å². The van der Waals surface area contributed by atoms with Crippen LogP contribution >= 0.6 is 0 Å². The van der Waals surface area contributed by atoms with Gasteiger partial charge in [-0.15, -0.1) is 0 Å². The lowest BCUT2D eigenvalue weighted by atomic mass is 10.1. The number of carbonyl (C=O) groups excluding carboxylic acids is 3. The maximum absolute atomic E-state index is 12.1. The largest absolute Gasteiger partial charge is 0.483 e. The SMILES string of the molecule is CCCCOC(=O)c1ccc(NC(=O)COc2c(C)cc(C=O)cc2C)cc1. The molecule has 28 heavy (non-hydrogen) atoms. The topological polar surface area (TPSA) is 81.7 Å². The van der Waals surface area contributed by atoms with Crippen molar-refractivity contribution in [3.05, 3.63) is 58.7 Å². The van der Waals surface area contributed by atoms with E-state index in [-0.39, 0.29) is 18.5 Å². The highest BCUT2D eigenvalue weighted by Gasteiger charge is 2.11. The fraction of sp³-hybridized carbons (Fsp3) is 0.318. The van der Waals surface area contributed by atoms with Gasteiger partial charge in [0.25, 0.3) is 5.91 Å². The van der Waals surface area contributed by atoms with Crippen LogP contribution in [0.15, 0.2) is 36.4 Å². The summed E-state index contributed by atoms with van der Waals surface area (Å²) >= 11 is 0. The predicted molar refractivity (Wildman–Crippen MR) is 107 cm³/mol. The lowest BCUT2D eigenvalue weighted by Crippen LogP contribution is -2.20. The molecule has 0 radical (unpaired) electrons. The minimum Gasteiger partial charge on any atom is -0.483 e. The number of hydrogen-bond donors (Lipinski definition) is 1. The molecule has 0 aliphatic rings. The number of aryl methyl sites for hydroxylation is 2. The van der Waals surface area contributed by atoms with Gasteiger partial charge in [0.05, 0.1) is 12.2 Å². The third kappa shape index (κ3) is 5.94. The van der Waals surface area contributed by atoms with Crippen molar-refractivity contribution in [3.63, 3.8) is 0 Å². The maximum Gasteiger partial charge on any atom is 0.338 e. The van der Waals surface area contributed by atoms with Gasteiger partial charge < -0.3 is 14.8 Å². The minimum absolute atomic E-state index is 0.164. The van der Waals surface area contributed by atoms with Crippen LogP contribution in [0.3, 0.4) is 0 Å². The van der Waals surface area contributed by atoms with Crippen molar-refractivity contribution in [2.75, 3.05) is 18.5 Å². The third-order valence-electron chi connectivity index (χ3n) is 4.10. The Bertz CT molecular complexity index is 820. The van der Waals surface area contributed by atoms with Crippen LogP contribution in [0, 0.1) is 13.8 Å². The van der Waals surface area contributed by atoms with Crippen LogP contribution in [0.2, 0.25) is 0 Å². The number of benzene rings is 2. The highest BCUT2D eigenvalue weighted by molar-refractivity contribution is 5.93. The smallest absolute Gasteiger partial charge is 0.338 e. The molecule has 2 aromatic carbocycles. The van der Waals surface area contributed by atoms with Crippen molar-refractivity contribution < 1.29 is 23.9 Å². The summed E-state index contributed by atoms with van der Waals surface area (Å²) in [5, 5.41) is 2.72. The fourth-order valence-corrected chi connectivity index (χ4v) is 2.70. The van der Waals surface area contributed by atoms with Gasteiger partial charge >= 0.3 is 5.97 Å². The van der Waals surface area contributed by atoms with Gasteiger partial charge in [0, 0.05) is 11.3 Å². The van der Waals surface area contributed by atoms with E-state index in [4.69, 9.17) is 9.47 Å². The van der Waals surface area contributed by atoms with E-state index in [2.05, 4.69) is 5.32 Å². The van der Waals surface area contributed by atoms with E-state index in [9.17, 15) is 14.4 Å². The number of hydrogen-bond acceptors (Lipinski definition) is 5. The zero-order chi connectivity index (χ0) is 20.5. The molecule has 0 saturated carbocycles. The summed E-state index contributed by atoms with van der Waals surface area (Å²) in [7, 11) is 0. The molecule has 0 fully saturated rings. The molecular formula is C22H25NO5. The van der Waals surface area contributed by atoms with Crippen LogP contribution in [0.1, 0.15) is 51.6 Å². The van der Waals surface area contributed by atoms with Gasteiger partial charge in [0.2, 0.25) is 0 Å². The maximum atomic E-state index is 12.1. The fourth-order valence-electron chi connectivity index (χ4n) is 2.70. The summed E-state index contributed by atoms with van der Waals surface area (Å²) in [4.78, 5) is 34.9. The van der Waals surface area contributed by atoms with E-state index in [1.807, 2.05) is 20.8 Å². The predicted octanol–water partition coefficient (Wildman–Crippen LogP) is 4.09. The molecule has 6 heteroatoms. The highest BCUT2D eigenvalue weighted by atomic mass is 16.5. The number of unbranched alkanes of at least 4 members (excludes halogenated alkanes) is 1. The Morgan fingerprint density at radius 1 is 1.07 bits per heavy atom. The molecule has 1 N–H and O–H groups in total. The monoisotopic (exact) mass is 383 g/mol. The lowest BCUT2D eigenvalue weighted by Gasteiger charge is -2.13. The first kappa shape index (κ1) is 21.2. The van der Waals surface area contributed by atoms with E-state index < -0.39 is 0 Å². The van der Waals surface area contributed by atoms with Gasteiger partial charge in [-0.25, -0.2) is 4.79 Å². The molecule has 0 unspecified atom stereocenters. The normalized spacial score (nSPS) is 10.2. The molecule has 1 amide bonds. The van der Waals surface area contributed by atoms with Gasteiger partial charge in [-0.2, -0.15) is 0 Å². The summed E-state index contributed by atoms with van der Waals surface area (Å²) in [6.07, 6.45) is 2.57. The van der Waals surface area contributed by atoms with Gasteiger partial charge in [0.1, 0.15) is 12.0 Å². The van der Waals surface area contributed by atoms with E-state index >= 15 is 0 Å². The Morgan fingerprint density at radius 2 is 1.71 bits per heavy atom. The van der Waals surface area contributed by atoms with Crippen molar-refractivity contribution in [2.45, 2.75) is 33.6 Å². The summed E-state index contributed by atoms with van der Waals surface area (Å²) in [6.45, 7) is 5.91. The molecule has 0 heterocycles. The van der Waals surface area contributed by atoms with Crippen LogP contribution in [-0.2, 0) is 9.53 Å². The van der Waals surface area contributed by atoms with Crippen molar-refractivity contribution >= 4 is 23.9 Å². The molecule has 2 aromatic rings. The number of rotatable bonds is 9. The average Bonchev–Trinajstić information content (AvgIpc) is 2.67. The number of nitrogens with one attached hydrogen (secondary N) is 1. The Labute approximate surface area is 164 Å². The van der Waals surface area contributed by atoms with Gasteiger partial charge in [-0.05, 0) is 67.8 Å². The van der Waals surface area contributed by atoms with E-state index in [1.54, 1.807) is 36.4 Å². The second-order valence-electron chi connectivity index (χ2n) is 6.51. The van der Waals surface area contributed by atoms with Gasteiger partial charge in [0.15, 0.2) is 6.61 Å². The molecule has 0 bridgehead atoms. The number of aldehydes is 1. The summed E-state index contributed by atoms with van der Waals surface area (Å²) in [6, 6.07) is 9.93. The molecule has 148 valence electrons. The number of carbonyl (C=O) groups is 3. The van der Waals surface area contributed by atoms with Gasteiger partial charge in [-0.3, -0.25) is 9.59 Å². The molecule has 0 aromatic heterocycles. The number of amides is 1. The van der Waals surface area contributed by atoms with Crippen molar-refractivity contribution in [3.8, 4) is 5.75 Å². The van der Waals surface area contributed by atoms with Crippen LogP contribution < -0.4 is 10.1 Å². The Kier molecular flexibility index (Phi) is 7.75. The Morgan fingerprint density at radius 3 is 2.29 bits per heavy atom. The van der Waals surface area contributed by atoms with Crippen LogP contribution in [0.5, 0.6) is 5.75 Å². The standard InChI is InChI=1S/C22H25NO5/c1-4-5-10-27-22(26)18-6-8-19(9-7-18)23-20(25)14-28-21-15(2)11-17(13-24)12-16(21)3/h6-9,11-13H,4-5,10,14H2,1-3H3,(H,23,25). The highest BCUT2D eigenvalue weighted by Crippen LogP contribution is 2.24. The molecule has 0 saturated heterocycles. The second-order valence-corrected chi connectivity index (χ2v) is 6.51. The molecule has 0 atom stereocenters. The molecule has 0 spiro atoms. The Balaban J connectivity index is 1.90. The van der Waals surface area contributed by atoms with Crippen molar-refractivity contribution in [1.82, 2.24) is 0 Å². The first-order valence-corrected chi connectivity index (χ1v) is 9.20. The Hall–Kier alpha value is -3.15. The second kappa shape index (κ2) is 10.3. The van der Waals surface area contributed by atoms with Crippen LogP contribution in [0.25, 0.3) is 0 Å². The molecule has 0 aliphatic heterocycles. The summed E-state index contributed by atoms with van der Waals surface area (Å²) in [5.41, 5.74) is 3.15. The molecule has 6 nitrogen and oxygen atoms in total. The first-order valence-electron chi connectivity index (χ1n) is 9.20. The van der Waals surface area contributed by atoms with E-state index in [0.29, 0.717) is 29.2 Å². The number of anilines is 1. The average molecular weight is 383 g/mol. The van der Waals surface area contributed by atoms with Crippen LogP contribution in [0.4, 0.5) is 5.69 Å². The number of esters is 1. The van der Waals surface area contributed by atoms with Crippen molar-refractivity contribution in [1.29, 1.82) is 0 Å². The first-order chi connectivity index (χ1) is 13.4. The zero-order valence-electron chi connectivity index (χ0n) is 16.4. The quantitative estimate of drug-likeness (QED) is 0.401. The lowest BCUT2D eigenvalue weighted by molar-refractivity contribution is -0.118. The van der Waals surface area contributed by atoms with Crippen LogP contribution in [-0.4, -0.2) is 31.4 Å². The van der Waals surface area contributed by atoms with E-state index in [1.165, 1.54) is 0 Å². The molecule has 2 rings (SSSR count). The minimum atomic E-state index is -0.376. The zero-order valence-corrected chi connectivity index (χ0v) is 16.4. The van der Waals surface area contributed by atoms with E-state index in [0.717, 1.165) is 30.3 Å².